The number of aliphatic carboxylic acids is 1. The van der Waals surface area contributed by atoms with Gasteiger partial charge in [-0.2, -0.15) is 5.10 Å². The number of ether oxygens (including phenoxy) is 1. The lowest BCUT2D eigenvalue weighted by molar-refractivity contribution is -0.137. The zero-order valence-corrected chi connectivity index (χ0v) is 14.4. The van der Waals surface area contributed by atoms with E-state index in [4.69, 9.17) is 9.84 Å². The first-order chi connectivity index (χ1) is 12.6. The van der Waals surface area contributed by atoms with Crippen LogP contribution in [0.4, 0.5) is 0 Å². The van der Waals surface area contributed by atoms with E-state index in [9.17, 15) is 9.59 Å². The number of hydrogen-bond donors (Lipinski definition) is 2. The first-order valence-electron chi connectivity index (χ1n) is 8.50. The maximum absolute atomic E-state index is 11.6. The Bertz CT molecular complexity index is 727. The Labute approximate surface area is 152 Å². The Morgan fingerprint density at radius 1 is 0.923 bits per heavy atom. The average Bonchev–Trinajstić information content (AvgIpc) is 2.63. The molecule has 0 saturated carbocycles. The van der Waals surface area contributed by atoms with Crippen LogP contribution < -0.4 is 10.2 Å². The van der Waals surface area contributed by atoms with Gasteiger partial charge >= 0.3 is 5.97 Å². The number of para-hydroxylation sites is 1. The number of nitrogens with zero attached hydrogens (tertiary/aromatic N) is 1. The summed E-state index contributed by atoms with van der Waals surface area (Å²) in [7, 11) is 0. The molecule has 0 fully saturated rings. The van der Waals surface area contributed by atoms with Gasteiger partial charge in [0.2, 0.25) is 5.91 Å². The summed E-state index contributed by atoms with van der Waals surface area (Å²) in [6.07, 6.45) is 3.99. The van der Waals surface area contributed by atoms with Gasteiger partial charge in [-0.25, -0.2) is 5.43 Å². The van der Waals surface area contributed by atoms with E-state index in [0.717, 1.165) is 17.1 Å². The zero-order valence-electron chi connectivity index (χ0n) is 14.4. The monoisotopic (exact) mass is 354 g/mol. The Morgan fingerprint density at radius 2 is 1.58 bits per heavy atom. The van der Waals surface area contributed by atoms with Crippen molar-refractivity contribution in [3.8, 4) is 11.5 Å². The highest BCUT2D eigenvalue weighted by Crippen LogP contribution is 2.20. The zero-order chi connectivity index (χ0) is 18.6. The van der Waals surface area contributed by atoms with Crippen molar-refractivity contribution in [2.45, 2.75) is 32.1 Å². The molecular weight excluding hydrogens is 332 g/mol. The highest BCUT2D eigenvalue weighted by molar-refractivity contribution is 5.82. The smallest absolute Gasteiger partial charge is 0.303 e. The van der Waals surface area contributed by atoms with E-state index in [1.54, 1.807) is 6.21 Å². The van der Waals surface area contributed by atoms with Crippen molar-refractivity contribution < 1.29 is 19.4 Å². The molecule has 0 atom stereocenters. The second kappa shape index (κ2) is 10.7. The lowest BCUT2D eigenvalue weighted by atomic mass is 10.1. The topological polar surface area (TPSA) is 88.0 Å². The second-order valence-electron chi connectivity index (χ2n) is 5.73. The van der Waals surface area contributed by atoms with Gasteiger partial charge in [-0.1, -0.05) is 24.6 Å². The van der Waals surface area contributed by atoms with Crippen LogP contribution >= 0.6 is 0 Å². The third-order valence-corrected chi connectivity index (χ3v) is 3.56. The number of carbonyl (C=O) groups is 2. The molecule has 6 nitrogen and oxygen atoms in total. The molecule has 26 heavy (non-hydrogen) atoms. The molecule has 2 N–H and O–H groups in total. The number of unbranched alkanes of at least 4 members (excludes halogenated alkanes) is 2. The number of benzene rings is 2. The first kappa shape index (κ1) is 19.2. The highest BCUT2D eigenvalue weighted by Gasteiger charge is 2.01. The molecule has 1 amide bonds. The van der Waals surface area contributed by atoms with Gasteiger partial charge in [-0.15, -0.1) is 0 Å². The van der Waals surface area contributed by atoms with Crippen molar-refractivity contribution in [1.82, 2.24) is 5.43 Å². The number of hydrazone groups is 1. The molecular formula is C20H22N2O4. The number of rotatable bonds is 10. The van der Waals surface area contributed by atoms with Crippen molar-refractivity contribution in [2.24, 2.45) is 5.10 Å². The summed E-state index contributed by atoms with van der Waals surface area (Å²) in [4.78, 5) is 22.0. The molecule has 0 spiro atoms. The van der Waals surface area contributed by atoms with E-state index in [0.29, 0.717) is 25.7 Å². The molecule has 0 aromatic heterocycles. The van der Waals surface area contributed by atoms with Gasteiger partial charge in [0.1, 0.15) is 11.5 Å². The van der Waals surface area contributed by atoms with Gasteiger partial charge < -0.3 is 9.84 Å². The molecule has 0 aliphatic rings. The van der Waals surface area contributed by atoms with Crippen molar-refractivity contribution >= 4 is 18.1 Å². The van der Waals surface area contributed by atoms with Crippen molar-refractivity contribution in [3.05, 3.63) is 60.2 Å². The van der Waals surface area contributed by atoms with E-state index < -0.39 is 5.97 Å². The lowest BCUT2D eigenvalue weighted by Gasteiger charge is -2.05. The molecule has 0 aliphatic heterocycles. The van der Waals surface area contributed by atoms with E-state index in [2.05, 4.69) is 10.5 Å². The fourth-order valence-corrected chi connectivity index (χ4v) is 2.22. The van der Waals surface area contributed by atoms with E-state index in [-0.39, 0.29) is 12.3 Å². The maximum atomic E-state index is 11.6. The Hall–Kier alpha value is -3.15. The van der Waals surface area contributed by atoms with E-state index in [1.165, 1.54) is 0 Å². The van der Waals surface area contributed by atoms with Crippen LogP contribution in [0.1, 0.15) is 37.7 Å². The van der Waals surface area contributed by atoms with Crippen LogP contribution in [-0.2, 0) is 9.59 Å². The average molecular weight is 354 g/mol. The van der Waals surface area contributed by atoms with Gasteiger partial charge in [0.25, 0.3) is 0 Å². The quantitative estimate of drug-likeness (QED) is 0.384. The minimum atomic E-state index is -0.806. The van der Waals surface area contributed by atoms with Crippen molar-refractivity contribution in [3.63, 3.8) is 0 Å². The van der Waals surface area contributed by atoms with Crippen LogP contribution in [-0.4, -0.2) is 23.2 Å². The number of hydrogen-bond acceptors (Lipinski definition) is 4. The van der Waals surface area contributed by atoms with Crippen LogP contribution in [0.2, 0.25) is 0 Å². The Kier molecular flexibility index (Phi) is 7.86. The predicted octanol–water partition coefficient (Wildman–Crippen LogP) is 3.96. The van der Waals surface area contributed by atoms with Crippen molar-refractivity contribution in [1.29, 1.82) is 0 Å². The number of carboxylic acid groups (broad SMARTS) is 1. The van der Waals surface area contributed by atoms with Crippen LogP contribution in [0.5, 0.6) is 11.5 Å². The summed E-state index contributed by atoms with van der Waals surface area (Å²) in [5.41, 5.74) is 3.31. The molecule has 0 unspecified atom stereocenters. The molecule has 0 saturated heterocycles. The molecule has 0 radical (unpaired) electrons. The van der Waals surface area contributed by atoms with Gasteiger partial charge in [0.15, 0.2) is 0 Å². The third kappa shape index (κ3) is 7.61. The van der Waals surface area contributed by atoms with E-state index >= 15 is 0 Å². The third-order valence-electron chi connectivity index (χ3n) is 3.56. The standard InChI is InChI=1S/C20H22N2O4/c23-19(9-5-2-6-10-20(24)25)22-21-15-16-11-13-18(14-12-16)26-17-7-3-1-4-8-17/h1,3-4,7-8,11-15H,2,5-6,9-10H2,(H,22,23)(H,24,25)/b21-15+. The second-order valence-corrected chi connectivity index (χ2v) is 5.73. The molecule has 6 heteroatoms. The highest BCUT2D eigenvalue weighted by atomic mass is 16.5. The van der Waals surface area contributed by atoms with Crippen molar-refractivity contribution in [2.75, 3.05) is 0 Å². The maximum Gasteiger partial charge on any atom is 0.303 e. The fraction of sp³-hybridized carbons (Fsp3) is 0.250. The summed E-state index contributed by atoms with van der Waals surface area (Å²) in [5, 5.41) is 12.5. The summed E-state index contributed by atoms with van der Waals surface area (Å²) in [6, 6.07) is 16.9. The molecule has 0 bridgehead atoms. The van der Waals surface area contributed by atoms with Crippen LogP contribution in [0.3, 0.4) is 0 Å². The SMILES string of the molecule is O=C(O)CCCCCC(=O)N/N=C/c1ccc(Oc2ccccc2)cc1. The number of carboxylic acids is 1. The summed E-state index contributed by atoms with van der Waals surface area (Å²) in [5.74, 6) is 0.503. The Morgan fingerprint density at radius 3 is 2.27 bits per heavy atom. The summed E-state index contributed by atoms with van der Waals surface area (Å²) >= 11 is 0. The minimum absolute atomic E-state index is 0.143. The molecule has 0 heterocycles. The van der Waals surface area contributed by atoms with Crippen LogP contribution in [0.25, 0.3) is 0 Å². The number of carbonyl (C=O) groups excluding carboxylic acids is 1. The van der Waals surface area contributed by atoms with Crippen LogP contribution in [0, 0.1) is 0 Å². The summed E-state index contributed by atoms with van der Waals surface area (Å²) in [6.45, 7) is 0. The predicted molar refractivity (Wildman–Crippen MR) is 99.4 cm³/mol. The molecule has 2 rings (SSSR count). The lowest BCUT2D eigenvalue weighted by Crippen LogP contribution is -2.16. The largest absolute Gasteiger partial charge is 0.481 e. The minimum Gasteiger partial charge on any atom is -0.481 e. The first-order valence-corrected chi connectivity index (χ1v) is 8.50. The Balaban J connectivity index is 1.69. The van der Waals surface area contributed by atoms with Gasteiger partial charge in [-0.3, -0.25) is 9.59 Å². The van der Waals surface area contributed by atoms with Gasteiger partial charge in [0, 0.05) is 12.8 Å². The summed E-state index contributed by atoms with van der Waals surface area (Å²) < 4.78 is 5.70. The molecule has 2 aromatic carbocycles. The fourth-order valence-electron chi connectivity index (χ4n) is 2.22. The van der Waals surface area contributed by atoms with Gasteiger partial charge in [0.05, 0.1) is 6.21 Å². The molecule has 136 valence electrons. The normalized spacial score (nSPS) is 10.6. The molecule has 0 aliphatic carbocycles. The van der Waals surface area contributed by atoms with E-state index in [1.807, 2.05) is 54.6 Å². The van der Waals surface area contributed by atoms with Gasteiger partial charge in [-0.05, 0) is 54.8 Å². The molecule has 2 aromatic rings. The van der Waals surface area contributed by atoms with Crippen LogP contribution in [0.15, 0.2) is 59.7 Å². The number of amides is 1. The number of nitrogens with one attached hydrogen (secondary N) is 1.